The molecule has 16 heteroatoms. The third-order valence-electron chi connectivity index (χ3n) is 8.94. The van der Waals surface area contributed by atoms with E-state index in [-0.39, 0.29) is 58.0 Å². The first-order chi connectivity index (χ1) is 27.9. The van der Waals surface area contributed by atoms with Crippen molar-refractivity contribution in [3.8, 4) is 45.6 Å². The highest BCUT2D eigenvalue weighted by atomic mass is 19.4. The largest absolute Gasteiger partial charge is 0.507 e. The number of aryl methyl sites for hydroxylation is 2. The Morgan fingerprint density at radius 2 is 1.07 bits per heavy atom. The minimum absolute atomic E-state index is 0.0320. The predicted octanol–water partition coefficient (Wildman–Crippen LogP) is 10.4. The molecular formula is C43H32F6N4O6. The molecule has 0 amide bonds. The second kappa shape index (κ2) is 16.6. The molecule has 59 heavy (non-hydrogen) atoms. The van der Waals surface area contributed by atoms with Gasteiger partial charge >= 0.3 is 24.3 Å². The number of ether oxygens (including phenoxy) is 1. The van der Waals surface area contributed by atoms with Crippen LogP contribution in [-0.4, -0.2) is 46.4 Å². The van der Waals surface area contributed by atoms with Gasteiger partial charge in [0.2, 0.25) is 0 Å². The molecule has 4 heterocycles. The first-order valence-corrected chi connectivity index (χ1v) is 17.5. The van der Waals surface area contributed by atoms with Crippen molar-refractivity contribution in [1.82, 2.24) is 19.1 Å². The summed E-state index contributed by atoms with van der Waals surface area (Å²) in [5.41, 5.74) is 0.921. The van der Waals surface area contributed by atoms with Gasteiger partial charge in [-0.25, -0.2) is 19.6 Å². The Hall–Kier alpha value is -7.36. The zero-order valence-electron chi connectivity index (χ0n) is 31.0. The van der Waals surface area contributed by atoms with E-state index in [1.165, 1.54) is 41.0 Å². The molecule has 0 aliphatic rings. The third-order valence-corrected chi connectivity index (χ3v) is 8.94. The average Bonchev–Trinajstić information content (AvgIpc) is 3.78. The van der Waals surface area contributed by atoms with E-state index in [2.05, 4.69) is 9.97 Å². The Labute approximate surface area is 331 Å². The van der Waals surface area contributed by atoms with Crippen molar-refractivity contribution < 1.29 is 56.0 Å². The number of aromatic hydroxyl groups is 1. The number of pyridine rings is 2. The van der Waals surface area contributed by atoms with E-state index < -0.39 is 35.4 Å². The lowest BCUT2D eigenvalue weighted by atomic mass is 10.1. The van der Waals surface area contributed by atoms with Crippen molar-refractivity contribution in [2.45, 2.75) is 32.8 Å². The molecule has 0 bridgehead atoms. The molecule has 3 aromatic carbocycles. The molecule has 0 unspecified atom stereocenters. The van der Waals surface area contributed by atoms with E-state index in [1.54, 1.807) is 48.7 Å². The number of nitrogens with zero attached hydrogens (tertiary/aromatic N) is 4. The van der Waals surface area contributed by atoms with Crippen molar-refractivity contribution in [2.24, 2.45) is 0 Å². The Balaban J connectivity index is 0.000000204. The molecule has 0 fully saturated rings. The smallest absolute Gasteiger partial charge is 0.416 e. The van der Waals surface area contributed by atoms with E-state index in [4.69, 9.17) is 9.84 Å². The van der Waals surface area contributed by atoms with Crippen LogP contribution in [0.1, 0.15) is 49.1 Å². The van der Waals surface area contributed by atoms with Gasteiger partial charge in [0, 0.05) is 22.5 Å². The zero-order chi connectivity index (χ0) is 42.6. The lowest BCUT2D eigenvalue weighted by Gasteiger charge is -2.17. The van der Waals surface area contributed by atoms with Crippen LogP contribution in [0.5, 0.6) is 11.5 Å². The number of alkyl halides is 6. The summed E-state index contributed by atoms with van der Waals surface area (Å²) < 4.78 is 88.6. The maximum atomic E-state index is 13.5. The van der Waals surface area contributed by atoms with Crippen LogP contribution in [0.4, 0.5) is 26.3 Å². The normalized spacial score (nSPS) is 11.5. The highest BCUT2D eigenvalue weighted by Crippen LogP contribution is 2.40. The number of carbonyl (C=O) groups is 2. The van der Waals surface area contributed by atoms with Crippen LogP contribution in [-0.2, 0) is 19.0 Å². The number of aromatic carboxylic acids is 2. The lowest BCUT2D eigenvalue weighted by Crippen LogP contribution is -2.09. The van der Waals surface area contributed by atoms with Gasteiger partial charge in [0.05, 0.1) is 22.5 Å². The summed E-state index contributed by atoms with van der Waals surface area (Å²) in [7, 11) is 0. The monoisotopic (exact) mass is 814 g/mol. The summed E-state index contributed by atoms with van der Waals surface area (Å²) in [5, 5.41) is 28.5. The van der Waals surface area contributed by atoms with E-state index in [9.17, 15) is 46.1 Å². The van der Waals surface area contributed by atoms with Gasteiger partial charge in [-0.3, -0.25) is 9.13 Å². The van der Waals surface area contributed by atoms with Gasteiger partial charge < -0.3 is 20.1 Å². The van der Waals surface area contributed by atoms with Gasteiger partial charge in [-0.1, -0.05) is 42.5 Å². The third kappa shape index (κ3) is 9.28. The first kappa shape index (κ1) is 41.3. The Bertz CT molecular complexity index is 2650. The fourth-order valence-corrected chi connectivity index (χ4v) is 6.12. The van der Waals surface area contributed by atoms with Crippen LogP contribution < -0.4 is 4.74 Å². The van der Waals surface area contributed by atoms with Gasteiger partial charge in [-0.05, 0) is 104 Å². The molecule has 7 rings (SSSR count). The van der Waals surface area contributed by atoms with E-state index in [0.29, 0.717) is 17.1 Å². The zero-order valence-corrected chi connectivity index (χ0v) is 31.0. The minimum atomic E-state index is -4.56. The lowest BCUT2D eigenvalue weighted by molar-refractivity contribution is -0.138. The molecule has 7 aromatic rings. The van der Waals surface area contributed by atoms with Crippen molar-refractivity contribution in [3.63, 3.8) is 0 Å². The van der Waals surface area contributed by atoms with E-state index in [0.717, 1.165) is 35.9 Å². The van der Waals surface area contributed by atoms with Crippen LogP contribution in [0.2, 0.25) is 0 Å². The maximum absolute atomic E-state index is 13.5. The van der Waals surface area contributed by atoms with Crippen molar-refractivity contribution in [3.05, 3.63) is 167 Å². The second-order valence-electron chi connectivity index (χ2n) is 13.0. The standard InChI is InChI=1S/C25H19F3N2O3.C18H13F3N2O3/c1-16-10-12-21(30(16)23-9-5-8-20(29-23)24(31)32)19-14-18(25(26,27)28)11-13-22(19)33-15-17-6-3-2-4-7-17;1-10-5-7-14(12-9-11(18(19,20)21)6-8-15(12)24)23(10)16-4-2-3-13(22-16)17(25)26/h2-14H,15H2,1H3,(H,31,32);2-9,24H,1H3,(H,25,26). The van der Waals surface area contributed by atoms with Gasteiger partial charge in [0.25, 0.3) is 0 Å². The fraction of sp³-hybridized carbons (Fsp3) is 0.116. The number of carboxylic acid groups (broad SMARTS) is 2. The molecule has 3 N–H and O–H groups in total. The SMILES string of the molecule is Cc1ccc(-c2cc(C(F)(F)F)ccc2O)n1-c1cccc(C(=O)O)n1.Cc1ccc(-c2cc(C(F)(F)F)ccc2OCc2ccccc2)n1-c1cccc(C(=O)O)n1. The molecular weight excluding hydrogens is 782 g/mol. The second-order valence-corrected chi connectivity index (χ2v) is 13.0. The fourth-order valence-electron chi connectivity index (χ4n) is 6.12. The molecule has 4 aromatic heterocycles. The van der Waals surface area contributed by atoms with Crippen molar-refractivity contribution in [2.75, 3.05) is 0 Å². The molecule has 302 valence electrons. The molecule has 0 atom stereocenters. The van der Waals surface area contributed by atoms with Crippen molar-refractivity contribution in [1.29, 1.82) is 0 Å². The number of phenols is 1. The summed E-state index contributed by atoms with van der Waals surface area (Å²) in [6.07, 6.45) is -9.10. The summed E-state index contributed by atoms with van der Waals surface area (Å²) >= 11 is 0. The number of hydrogen-bond donors (Lipinski definition) is 3. The molecule has 0 saturated heterocycles. The van der Waals surface area contributed by atoms with Crippen LogP contribution in [0.3, 0.4) is 0 Å². The van der Waals surface area contributed by atoms with Crippen LogP contribution >= 0.6 is 0 Å². The quantitative estimate of drug-likeness (QED) is 0.122. The predicted molar refractivity (Wildman–Crippen MR) is 204 cm³/mol. The highest BCUT2D eigenvalue weighted by molar-refractivity contribution is 5.86. The number of carboxylic acids is 2. The summed E-state index contributed by atoms with van der Waals surface area (Å²) in [6, 6.07) is 30.6. The average molecular weight is 815 g/mol. The Morgan fingerprint density at radius 1 is 0.593 bits per heavy atom. The van der Waals surface area contributed by atoms with Crippen LogP contribution in [0.25, 0.3) is 34.2 Å². The minimum Gasteiger partial charge on any atom is -0.507 e. The Kier molecular flexibility index (Phi) is 11.6. The van der Waals surface area contributed by atoms with Gasteiger partial charge in [-0.15, -0.1) is 0 Å². The maximum Gasteiger partial charge on any atom is 0.416 e. The number of halogens is 6. The van der Waals surface area contributed by atoms with E-state index in [1.807, 2.05) is 30.3 Å². The highest BCUT2D eigenvalue weighted by Gasteiger charge is 2.33. The van der Waals surface area contributed by atoms with E-state index >= 15 is 0 Å². The van der Waals surface area contributed by atoms with Crippen LogP contribution in [0.15, 0.2) is 127 Å². The first-order valence-electron chi connectivity index (χ1n) is 17.5. The summed E-state index contributed by atoms with van der Waals surface area (Å²) in [5.74, 6) is -1.99. The molecule has 0 spiro atoms. The molecule has 0 radical (unpaired) electrons. The summed E-state index contributed by atoms with van der Waals surface area (Å²) in [4.78, 5) is 30.7. The number of benzene rings is 3. The number of phenolic OH excluding ortho intramolecular Hbond substituents is 1. The molecule has 0 saturated carbocycles. The van der Waals surface area contributed by atoms with Gasteiger partial charge in [0.1, 0.15) is 29.7 Å². The van der Waals surface area contributed by atoms with Crippen LogP contribution in [0, 0.1) is 13.8 Å². The molecule has 0 aliphatic carbocycles. The summed E-state index contributed by atoms with van der Waals surface area (Å²) in [6.45, 7) is 3.63. The van der Waals surface area contributed by atoms with Crippen molar-refractivity contribution >= 4 is 11.9 Å². The Morgan fingerprint density at radius 3 is 1.56 bits per heavy atom. The van der Waals surface area contributed by atoms with Gasteiger partial charge in [-0.2, -0.15) is 26.3 Å². The molecule has 0 aliphatic heterocycles. The number of rotatable bonds is 9. The molecule has 10 nitrogen and oxygen atoms in total. The van der Waals surface area contributed by atoms with Gasteiger partial charge in [0.15, 0.2) is 11.4 Å². The number of hydrogen-bond acceptors (Lipinski definition) is 6. The topological polar surface area (TPSA) is 140 Å². The number of aromatic nitrogens is 4.